The molecule has 8 heteroatoms. The van der Waals surface area contributed by atoms with E-state index in [1.54, 1.807) is 24.3 Å². The first-order valence-electron chi connectivity index (χ1n) is 7.93. The fourth-order valence-electron chi connectivity index (χ4n) is 2.18. The lowest BCUT2D eigenvalue weighted by atomic mass is 10.2. The van der Waals surface area contributed by atoms with Crippen LogP contribution >= 0.6 is 0 Å². The number of likely N-dealkylation sites (N-methyl/N-ethyl adjacent to an activating group) is 1. The molecule has 0 heterocycles. The lowest BCUT2D eigenvalue weighted by molar-refractivity contribution is -0.144. The van der Waals surface area contributed by atoms with Crippen molar-refractivity contribution in [1.29, 1.82) is 0 Å². The molecule has 2 aromatic carbocycles. The first-order chi connectivity index (χ1) is 12.3. The molecule has 0 amide bonds. The molecule has 26 heavy (non-hydrogen) atoms. The van der Waals surface area contributed by atoms with Crippen LogP contribution in [0, 0.1) is 5.82 Å². The number of esters is 1. The SMILES string of the molecule is CCOc1ccccc1COC(=O)CN(C)S(=O)(=O)c1ccc(F)cc1. The average Bonchev–Trinajstić information content (AvgIpc) is 2.61. The molecule has 140 valence electrons. The largest absolute Gasteiger partial charge is 0.493 e. The first kappa shape index (κ1) is 19.9. The van der Waals surface area contributed by atoms with Crippen molar-refractivity contribution in [1.82, 2.24) is 4.31 Å². The number of hydrogen-bond acceptors (Lipinski definition) is 5. The summed E-state index contributed by atoms with van der Waals surface area (Å²) < 4.78 is 49.1. The topological polar surface area (TPSA) is 72.9 Å². The van der Waals surface area contributed by atoms with Gasteiger partial charge in [-0.05, 0) is 37.3 Å². The third kappa shape index (κ3) is 5.03. The summed E-state index contributed by atoms with van der Waals surface area (Å²) in [6, 6.07) is 11.5. The number of para-hydroxylation sites is 1. The fraction of sp³-hybridized carbons (Fsp3) is 0.278. The Labute approximate surface area is 152 Å². The zero-order valence-corrected chi connectivity index (χ0v) is 15.3. The van der Waals surface area contributed by atoms with Gasteiger partial charge < -0.3 is 9.47 Å². The maximum atomic E-state index is 12.9. The molecule has 0 spiro atoms. The van der Waals surface area contributed by atoms with Crippen LogP contribution in [0.3, 0.4) is 0 Å². The maximum Gasteiger partial charge on any atom is 0.321 e. The first-order valence-corrected chi connectivity index (χ1v) is 9.37. The second-order valence-electron chi connectivity index (χ2n) is 5.42. The predicted molar refractivity (Wildman–Crippen MR) is 93.6 cm³/mol. The van der Waals surface area contributed by atoms with Gasteiger partial charge in [-0.15, -0.1) is 0 Å². The highest BCUT2D eigenvalue weighted by molar-refractivity contribution is 7.89. The second-order valence-corrected chi connectivity index (χ2v) is 7.46. The van der Waals surface area contributed by atoms with Crippen molar-refractivity contribution in [3.63, 3.8) is 0 Å². The molecule has 0 N–H and O–H groups in total. The van der Waals surface area contributed by atoms with E-state index in [4.69, 9.17) is 9.47 Å². The van der Waals surface area contributed by atoms with Gasteiger partial charge in [0.15, 0.2) is 0 Å². The van der Waals surface area contributed by atoms with Crippen molar-refractivity contribution in [2.24, 2.45) is 0 Å². The van der Waals surface area contributed by atoms with Gasteiger partial charge in [0.05, 0.1) is 11.5 Å². The Hall–Kier alpha value is -2.45. The van der Waals surface area contributed by atoms with E-state index in [-0.39, 0.29) is 11.5 Å². The highest BCUT2D eigenvalue weighted by atomic mass is 32.2. The van der Waals surface area contributed by atoms with Crippen LogP contribution in [0.25, 0.3) is 0 Å². The predicted octanol–water partition coefficient (Wildman–Crippen LogP) is 2.59. The Morgan fingerprint density at radius 2 is 1.77 bits per heavy atom. The van der Waals surface area contributed by atoms with E-state index in [1.807, 2.05) is 6.92 Å². The fourth-order valence-corrected chi connectivity index (χ4v) is 3.29. The van der Waals surface area contributed by atoms with Gasteiger partial charge in [-0.1, -0.05) is 18.2 Å². The minimum absolute atomic E-state index is 0.0283. The van der Waals surface area contributed by atoms with Gasteiger partial charge in [-0.3, -0.25) is 4.79 Å². The van der Waals surface area contributed by atoms with Crippen LogP contribution in [0.1, 0.15) is 12.5 Å². The van der Waals surface area contributed by atoms with Gasteiger partial charge in [0.1, 0.15) is 24.7 Å². The molecule has 0 saturated carbocycles. The van der Waals surface area contributed by atoms with Crippen molar-refractivity contribution in [3.8, 4) is 5.75 Å². The average molecular weight is 381 g/mol. The molecule has 0 aliphatic carbocycles. The quantitative estimate of drug-likeness (QED) is 0.657. The number of rotatable bonds is 8. The summed E-state index contributed by atoms with van der Waals surface area (Å²) in [7, 11) is -2.65. The van der Waals surface area contributed by atoms with Crippen LogP contribution < -0.4 is 4.74 Å². The molecule has 0 aromatic heterocycles. The van der Waals surface area contributed by atoms with Gasteiger partial charge >= 0.3 is 5.97 Å². The normalized spacial score (nSPS) is 11.4. The van der Waals surface area contributed by atoms with Gasteiger partial charge in [-0.25, -0.2) is 12.8 Å². The maximum absolute atomic E-state index is 12.9. The third-order valence-electron chi connectivity index (χ3n) is 3.53. The van der Waals surface area contributed by atoms with Crippen molar-refractivity contribution < 1.29 is 27.1 Å². The number of nitrogens with zero attached hydrogens (tertiary/aromatic N) is 1. The van der Waals surface area contributed by atoms with Crippen LogP contribution in [-0.4, -0.2) is 38.9 Å². The highest BCUT2D eigenvalue weighted by Crippen LogP contribution is 2.19. The van der Waals surface area contributed by atoms with Gasteiger partial charge in [0.25, 0.3) is 0 Å². The lowest BCUT2D eigenvalue weighted by Gasteiger charge is -2.17. The number of benzene rings is 2. The Morgan fingerprint density at radius 1 is 1.12 bits per heavy atom. The van der Waals surface area contributed by atoms with Crippen LogP contribution in [0.15, 0.2) is 53.4 Å². The number of hydrogen-bond donors (Lipinski definition) is 0. The van der Waals surface area contributed by atoms with E-state index in [0.29, 0.717) is 17.9 Å². The summed E-state index contributed by atoms with van der Waals surface area (Å²) >= 11 is 0. The molecule has 2 rings (SSSR count). The lowest BCUT2D eigenvalue weighted by Crippen LogP contribution is -2.33. The Balaban J connectivity index is 1.98. The third-order valence-corrected chi connectivity index (χ3v) is 5.35. The van der Waals surface area contributed by atoms with Crippen LogP contribution in [-0.2, 0) is 26.2 Å². The number of sulfonamides is 1. The van der Waals surface area contributed by atoms with E-state index >= 15 is 0 Å². The van der Waals surface area contributed by atoms with E-state index in [0.717, 1.165) is 28.6 Å². The van der Waals surface area contributed by atoms with Crippen molar-refractivity contribution in [2.45, 2.75) is 18.4 Å². The Kier molecular flexibility index (Phi) is 6.70. The minimum Gasteiger partial charge on any atom is -0.493 e. The van der Waals surface area contributed by atoms with Gasteiger partial charge in [0, 0.05) is 12.6 Å². The molecule has 0 aliphatic heterocycles. The molecule has 0 saturated heterocycles. The molecule has 0 aliphatic rings. The number of ether oxygens (including phenoxy) is 2. The van der Waals surface area contributed by atoms with E-state index in [2.05, 4.69) is 0 Å². The Morgan fingerprint density at radius 3 is 2.42 bits per heavy atom. The molecule has 0 unspecified atom stereocenters. The van der Waals surface area contributed by atoms with Crippen LogP contribution in [0.5, 0.6) is 5.75 Å². The van der Waals surface area contributed by atoms with E-state index in [9.17, 15) is 17.6 Å². The summed E-state index contributed by atoms with van der Waals surface area (Å²) in [5.41, 5.74) is 0.687. The summed E-state index contributed by atoms with van der Waals surface area (Å²) in [5.74, 6) is -0.640. The standard InChI is InChI=1S/C18H20FNO5S/c1-3-24-17-7-5-4-6-14(17)13-25-18(21)12-20(2)26(22,23)16-10-8-15(19)9-11-16/h4-11H,3,12-13H2,1-2H3. The molecule has 2 aromatic rings. The summed E-state index contributed by atoms with van der Waals surface area (Å²) in [6.07, 6.45) is 0. The van der Waals surface area contributed by atoms with E-state index in [1.165, 1.54) is 7.05 Å². The summed E-state index contributed by atoms with van der Waals surface area (Å²) in [4.78, 5) is 11.9. The van der Waals surface area contributed by atoms with Gasteiger partial charge in [-0.2, -0.15) is 4.31 Å². The molecule has 6 nitrogen and oxygen atoms in total. The number of halogens is 1. The molecular formula is C18H20FNO5S. The van der Waals surface area contributed by atoms with E-state index < -0.39 is 28.4 Å². The van der Waals surface area contributed by atoms with Crippen molar-refractivity contribution in [3.05, 3.63) is 59.9 Å². The van der Waals surface area contributed by atoms with Gasteiger partial charge in [0.2, 0.25) is 10.0 Å². The van der Waals surface area contributed by atoms with Crippen molar-refractivity contribution in [2.75, 3.05) is 20.2 Å². The number of carbonyl (C=O) groups is 1. The zero-order chi connectivity index (χ0) is 19.2. The molecule has 0 bridgehead atoms. The zero-order valence-electron chi connectivity index (χ0n) is 14.5. The molecule has 0 fully saturated rings. The highest BCUT2D eigenvalue weighted by Gasteiger charge is 2.23. The monoisotopic (exact) mass is 381 g/mol. The minimum atomic E-state index is -3.91. The van der Waals surface area contributed by atoms with Crippen LogP contribution in [0.4, 0.5) is 4.39 Å². The molecule has 0 atom stereocenters. The molecular weight excluding hydrogens is 361 g/mol. The number of carbonyl (C=O) groups excluding carboxylic acids is 1. The molecule has 0 radical (unpaired) electrons. The Bertz CT molecular complexity index is 852. The van der Waals surface area contributed by atoms with Crippen molar-refractivity contribution >= 4 is 16.0 Å². The second kappa shape index (κ2) is 8.77. The smallest absolute Gasteiger partial charge is 0.321 e. The summed E-state index contributed by atoms with van der Waals surface area (Å²) in [6.45, 7) is 1.83. The summed E-state index contributed by atoms with van der Waals surface area (Å²) in [5, 5.41) is 0. The van der Waals surface area contributed by atoms with Crippen LogP contribution in [0.2, 0.25) is 0 Å².